The molecule has 1 saturated carbocycles. The summed E-state index contributed by atoms with van der Waals surface area (Å²) in [5, 5.41) is 0. The van der Waals surface area contributed by atoms with Crippen LogP contribution in [0.3, 0.4) is 0 Å². The van der Waals surface area contributed by atoms with Crippen LogP contribution in [0, 0.1) is 23.7 Å². The quantitative estimate of drug-likeness (QED) is 0.427. The summed E-state index contributed by atoms with van der Waals surface area (Å²) in [7, 11) is 0. The van der Waals surface area contributed by atoms with Crippen LogP contribution in [0.5, 0.6) is 0 Å². The lowest BCUT2D eigenvalue weighted by molar-refractivity contribution is -0.277. The number of allylic oxidation sites excluding steroid dienone is 2. The summed E-state index contributed by atoms with van der Waals surface area (Å²) >= 11 is 6.89. The van der Waals surface area contributed by atoms with E-state index in [1.54, 1.807) is 6.08 Å². The summed E-state index contributed by atoms with van der Waals surface area (Å²) in [5.41, 5.74) is -2.71. The van der Waals surface area contributed by atoms with Crippen LogP contribution in [0.2, 0.25) is 0 Å². The van der Waals surface area contributed by atoms with Gasteiger partial charge in [-0.15, -0.1) is 0 Å². The molecular formula is C20H18Br2O8. The van der Waals surface area contributed by atoms with Gasteiger partial charge in [-0.3, -0.25) is 9.59 Å². The summed E-state index contributed by atoms with van der Waals surface area (Å²) < 4.78 is 24.2. The van der Waals surface area contributed by atoms with Gasteiger partial charge in [0, 0.05) is 14.9 Å². The fourth-order valence-electron chi connectivity index (χ4n) is 5.16. The second-order valence-corrected chi connectivity index (χ2v) is 11.0. The summed E-state index contributed by atoms with van der Waals surface area (Å²) in [6.07, 6.45) is 2.99. The first-order valence-corrected chi connectivity index (χ1v) is 11.1. The topological polar surface area (TPSA) is 105 Å². The highest BCUT2D eigenvalue weighted by Crippen LogP contribution is 2.65. The Morgan fingerprint density at radius 1 is 0.833 bits per heavy atom. The predicted molar refractivity (Wildman–Crippen MR) is 106 cm³/mol. The largest absolute Gasteiger partial charge is 0.422 e. The molecule has 2 saturated heterocycles. The van der Waals surface area contributed by atoms with Crippen LogP contribution < -0.4 is 0 Å². The Morgan fingerprint density at radius 2 is 1.37 bits per heavy atom. The van der Waals surface area contributed by atoms with Crippen molar-refractivity contribution in [2.75, 3.05) is 0 Å². The van der Waals surface area contributed by atoms with E-state index >= 15 is 0 Å². The van der Waals surface area contributed by atoms with Gasteiger partial charge in [-0.1, -0.05) is 37.9 Å². The summed E-state index contributed by atoms with van der Waals surface area (Å²) in [5.74, 6) is -9.39. The molecular weight excluding hydrogens is 528 g/mol. The van der Waals surface area contributed by atoms with Gasteiger partial charge in [0.25, 0.3) is 11.6 Å². The normalized spacial score (nSPS) is 45.4. The number of ether oxygens (including phenoxy) is 4. The van der Waals surface area contributed by atoms with E-state index in [1.165, 1.54) is 33.8 Å². The van der Waals surface area contributed by atoms with E-state index in [2.05, 4.69) is 31.9 Å². The molecule has 4 aliphatic carbocycles. The molecule has 8 nitrogen and oxygen atoms in total. The second-order valence-electron chi connectivity index (χ2n) is 9.20. The average molecular weight is 546 g/mol. The third-order valence-electron chi connectivity index (χ3n) is 6.49. The molecule has 6 rings (SSSR count). The van der Waals surface area contributed by atoms with Crippen LogP contribution in [0.15, 0.2) is 21.1 Å². The van der Waals surface area contributed by atoms with E-state index in [4.69, 9.17) is 18.9 Å². The summed E-state index contributed by atoms with van der Waals surface area (Å²) in [6, 6.07) is 0. The highest BCUT2D eigenvalue weighted by Gasteiger charge is 2.78. The first-order chi connectivity index (χ1) is 13.8. The third-order valence-corrected chi connectivity index (χ3v) is 8.00. The van der Waals surface area contributed by atoms with Crippen LogP contribution in [-0.4, -0.2) is 46.3 Å². The van der Waals surface area contributed by atoms with E-state index < -0.39 is 70.0 Å². The van der Waals surface area contributed by atoms with Gasteiger partial charge in [0.05, 0.1) is 17.8 Å². The number of hydrogen-bond donors (Lipinski definition) is 0. The van der Waals surface area contributed by atoms with Crippen molar-refractivity contribution in [3.05, 3.63) is 21.1 Å². The first kappa shape index (κ1) is 20.5. The van der Waals surface area contributed by atoms with Crippen LogP contribution in [0.4, 0.5) is 0 Å². The summed E-state index contributed by atoms with van der Waals surface area (Å²) in [4.78, 5) is 51.8. The molecule has 2 heterocycles. The standard InChI is InChI=1S/C20H18Br2O8/c1-17(2)15(25)27-19(29-17)7-5-8(21)12(14(19)24)11-9(22)6-10(23)20(13(7)11)28-16(26)18(3,4)30-20/h5-7,11-13H,1-4H3/t7-,11-,12+,13+,19-,20+/m1/s1. The molecule has 3 fully saturated rings. The van der Waals surface area contributed by atoms with Gasteiger partial charge in [-0.25, -0.2) is 9.59 Å². The lowest BCUT2D eigenvalue weighted by Gasteiger charge is -2.56. The molecule has 0 amide bonds. The van der Waals surface area contributed by atoms with Crippen molar-refractivity contribution in [3.63, 3.8) is 0 Å². The predicted octanol–water partition coefficient (Wildman–Crippen LogP) is 2.28. The smallest absolute Gasteiger partial charge is 0.340 e. The summed E-state index contributed by atoms with van der Waals surface area (Å²) in [6.45, 7) is 6.07. The minimum atomic E-state index is -1.95. The van der Waals surface area contributed by atoms with Crippen LogP contribution in [0.25, 0.3) is 0 Å². The molecule has 6 aliphatic rings. The number of esters is 2. The van der Waals surface area contributed by atoms with Crippen LogP contribution >= 0.6 is 31.9 Å². The lowest BCUT2D eigenvalue weighted by Crippen LogP contribution is -2.70. The van der Waals surface area contributed by atoms with Gasteiger partial charge in [0.15, 0.2) is 11.2 Å². The molecule has 30 heavy (non-hydrogen) atoms. The van der Waals surface area contributed by atoms with Gasteiger partial charge in [-0.2, -0.15) is 0 Å². The van der Waals surface area contributed by atoms with E-state index in [0.717, 1.165) is 0 Å². The highest BCUT2D eigenvalue weighted by molar-refractivity contribution is 9.12. The fourth-order valence-corrected chi connectivity index (χ4v) is 6.70. The Balaban J connectivity index is 1.74. The van der Waals surface area contributed by atoms with Gasteiger partial charge in [0.2, 0.25) is 11.6 Å². The maximum Gasteiger partial charge on any atom is 0.340 e. The number of Topliss-reactive ketones (excluding diaryl/α,β-unsaturated/α-hetero) is 1. The second kappa shape index (κ2) is 5.70. The van der Waals surface area contributed by atoms with Crippen molar-refractivity contribution in [2.24, 2.45) is 23.7 Å². The highest BCUT2D eigenvalue weighted by atomic mass is 79.9. The van der Waals surface area contributed by atoms with Crippen molar-refractivity contribution < 1.29 is 38.1 Å². The Morgan fingerprint density at radius 3 is 1.87 bits per heavy atom. The lowest BCUT2D eigenvalue weighted by atomic mass is 9.54. The molecule has 2 bridgehead atoms. The van der Waals surface area contributed by atoms with E-state index in [0.29, 0.717) is 8.96 Å². The zero-order chi connectivity index (χ0) is 22.0. The van der Waals surface area contributed by atoms with Crippen molar-refractivity contribution >= 4 is 55.4 Å². The molecule has 0 unspecified atom stereocenters. The zero-order valence-corrected chi connectivity index (χ0v) is 19.7. The van der Waals surface area contributed by atoms with Gasteiger partial charge in [0.1, 0.15) is 0 Å². The molecule has 2 spiro atoms. The number of halogens is 2. The first-order valence-electron chi connectivity index (χ1n) is 9.47. The van der Waals surface area contributed by atoms with Crippen LogP contribution in [0.1, 0.15) is 27.7 Å². The molecule has 0 radical (unpaired) electrons. The van der Waals surface area contributed by atoms with E-state index in [1.807, 2.05) is 0 Å². The van der Waals surface area contributed by atoms with Crippen molar-refractivity contribution in [3.8, 4) is 0 Å². The maximum atomic E-state index is 13.6. The molecule has 0 aromatic heterocycles. The number of hydrogen-bond acceptors (Lipinski definition) is 8. The molecule has 160 valence electrons. The zero-order valence-electron chi connectivity index (χ0n) is 16.5. The number of ketones is 2. The molecule has 0 aromatic carbocycles. The number of rotatable bonds is 0. The average Bonchev–Trinajstić information content (AvgIpc) is 3.01. The number of carbonyl (C=O) groups is 4. The maximum absolute atomic E-state index is 13.6. The van der Waals surface area contributed by atoms with Crippen molar-refractivity contribution in [1.82, 2.24) is 0 Å². The van der Waals surface area contributed by atoms with Gasteiger partial charge >= 0.3 is 11.9 Å². The molecule has 2 aliphatic heterocycles. The minimum Gasteiger partial charge on any atom is -0.422 e. The fraction of sp³-hybridized carbons (Fsp3) is 0.600. The van der Waals surface area contributed by atoms with Crippen molar-refractivity contribution in [1.29, 1.82) is 0 Å². The molecule has 10 heteroatoms. The minimum absolute atomic E-state index is 0.430. The monoisotopic (exact) mass is 544 g/mol. The Labute approximate surface area is 188 Å². The number of carbonyl (C=O) groups excluding carboxylic acids is 4. The molecule has 0 N–H and O–H groups in total. The SMILES string of the molecule is CC1(C)O[C@@]2(OC1=O)C(=O)C=C(Br)[C@@H]1[C@H]3C(=O)[C@@]4(OC(=O)C(C)(C)O4)[C@H](C=C3Br)[C@@H]12. The molecule has 0 aromatic rings. The van der Waals surface area contributed by atoms with E-state index in [9.17, 15) is 19.2 Å². The van der Waals surface area contributed by atoms with Crippen LogP contribution in [-0.2, 0) is 38.1 Å². The Bertz CT molecular complexity index is 1010. The van der Waals surface area contributed by atoms with Crippen molar-refractivity contribution in [2.45, 2.75) is 50.5 Å². The van der Waals surface area contributed by atoms with Gasteiger partial charge < -0.3 is 18.9 Å². The third kappa shape index (κ3) is 2.23. The molecule has 6 atom stereocenters. The Kier molecular flexibility index (Phi) is 3.91. The van der Waals surface area contributed by atoms with Gasteiger partial charge in [-0.05, 0) is 33.8 Å². The Hall–Kier alpha value is -1.36. The van der Waals surface area contributed by atoms with E-state index in [-0.39, 0.29) is 0 Å².